The van der Waals surface area contributed by atoms with Crippen molar-refractivity contribution in [3.8, 4) is 5.75 Å². The summed E-state index contributed by atoms with van der Waals surface area (Å²) < 4.78 is 11.4. The van der Waals surface area contributed by atoms with E-state index in [1.807, 2.05) is 39.0 Å². The maximum atomic E-state index is 12.1. The number of ether oxygens (including phenoxy) is 2. The lowest BCUT2D eigenvalue weighted by Gasteiger charge is -2.19. The number of rotatable bonds is 9. The number of hydrogen-bond donors (Lipinski definition) is 2. The number of thiazole rings is 1. The molecule has 0 aliphatic heterocycles. The summed E-state index contributed by atoms with van der Waals surface area (Å²) in [7, 11) is 1.61. The molecular formula is C20H29N3O4S. The van der Waals surface area contributed by atoms with Crippen LogP contribution in [0.2, 0.25) is 0 Å². The van der Waals surface area contributed by atoms with Crippen LogP contribution in [0, 0.1) is 0 Å². The van der Waals surface area contributed by atoms with Gasteiger partial charge in [0, 0.05) is 19.0 Å². The standard InChI is InChI=1S/C20H29N3O4S/c1-20(2,3)27-19(25)21-12-8-6-5-7-9-17(24)23-18-22-15-13-14(26-4)10-11-16(15)28-18/h10-11,13H,5-9,12H2,1-4H3,(H,21,25)(H,22,23,24). The largest absolute Gasteiger partial charge is 0.497 e. The van der Waals surface area contributed by atoms with E-state index in [0.29, 0.717) is 18.1 Å². The normalized spacial score (nSPS) is 11.3. The predicted molar refractivity (Wildman–Crippen MR) is 112 cm³/mol. The van der Waals surface area contributed by atoms with E-state index >= 15 is 0 Å². The third kappa shape index (κ3) is 7.72. The molecule has 0 fully saturated rings. The summed E-state index contributed by atoms with van der Waals surface area (Å²) in [5, 5.41) is 6.20. The summed E-state index contributed by atoms with van der Waals surface area (Å²) in [5.41, 5.74) is 0.337. The highest BCUT2D eigenvalue weighted by Gasteiger charge is 2.15. The molecule has 28 heavy (non-hydrogen) atoms. The highest BCUT2D eigenvalue weighted by Crippen LogP contribution is 2.28. The van der Waals surface area contributed by atoms with Crippen molar-refractivity contribution in [3.05, 3.63) is 18.2 Å². The second-order valence-electron chi connectivity index (χ2n) is 7.49. The van der Waals surface area contributed by atoms with E-state index in [0.717, 1.165) is 41.6 Å². The molecule has 0 atom stereocenters. The van der Waals surface area contributed by atoms with Crippen molar-refractivity contribution in [2.24, 2.45) is 0 Å². The van der Waals surface area contributed by atoms with Crippen molar-refractivity contribution in [2.75, 3.05) is 19.0 Å². The number of carbonyl (C=O) groups is 2. The number of unbranched alkanes of at least 4 members (excludes halogenated alkanes) is 3. The van der Waals surface area contributed by atoms with Crippen molar-refractivity contribution in [1.82, 2.24) is 10.3 Å². The highest BCUT2D eigenvalue weighted by molar-refractivity contribution is 7.22. The van der Waals surface area contributed by atoms with Gasteiger partial charge in [-0.05, 0) is 45.7 Å². The first-order valence-electron chi connectivity index (χ1n) is 9.48. The van der Waals surface area contributed by atoms with E-state index in [4.69, 9.17) is 9.47 Å². The smallest absolute Gasteiger partial charge is 0.407 e. The van der Waals surface area contributed by atoms with Crippen LogP contribution in [0.1, 0.15) is 52.9 Å². The minimum atomic E-state index is -0.479. The zero-order chi connectivity index (χ0) is 20.6. The topological polar surface area (TPSA) is 89.6 Å². The van der Waals surface area contributed by atoms with Gasteiger partial charge in [-0.25, -0.2) is 9.78 Å². The van der Waals surface area contributed by atoms with Crippen molar-refractivity contribution in [1.29, 1.82) is 0 Å². The van der Waals surface area contributed by atoms with Crippen LogP contribution in [0.15, 0.2) is 18.2 Å². The van der Waals surface area contributed by atoms with Crippen molar-refractivity contribution in [3.63, 3.8) is 0 Å². The Morgan fingerprint density at radius 2 is 1.89 bits per heavy atom. The number of benzene rings is 1. The van der Waals surface area contributed by atoms with Gasteiger partial charge in [-0.15, -0.1) is 0 Å². The molecule has 1 heterocycles. The number of carbonyl (C=O) groups excluding carboxylic acids is 2. The monoisotopic (exact) mass is 407 g/mol. The van der Waals surface area contributed by atoms with Gasteiger partial charge >= 0.3 is 6.09 Å². The Bertz CT molecular complexity index is 798. The summed E-state index contributed by atoms with van der Waals surface area (Å²) in [5.74, 6) is 0.717. The Kier molecular flexibility index (Phi) is 8.04. The minimum Gasteiger partial charge on any atom is -0.497 e. The average Bonchev–Trinajstić information content (AvgIpc) is 3.00. The molecule has 0 bridgehead atoms. The van der Waals surface area contributed by atoms with E-state index in [1.165, 1.54) is 11.3 Å². The fraction of sp³-hybridized carbons (Fsp3) is 0.550. The van der Waals surface area contributed by atoms with Crippen LogP contribution in [-0.4, -0.2) is 36.2 Å². The van der Waals surface area contributed by atoms with Gasteiger partial charge in [-0.3, -0.25) is 4.79 Å². The number of alkyl carbamates (subject to hydrolysis) is 1. The highest BCUT2D eigenvalue weighted by atomic mass is 32.1. The molecule has 0 radical (unpaired) electrons. The lowest BCUT2D eigenvalue weighted by Crippen LogP contribution is -2.32. The Balaban J connectivity index is 1.60. The summed E-state index contributed by atoms with van der Waals surface area (Å²) in [6, 6.07) is 5.67. The second-order valence-corrected chi connectivity index (χ2v) is 8.52. The van der Waals surface area contributed by atoms with Crippen LogP contribution < -0.4 is 15.4 Å². The lowest BCUT2D eigenvalue weighted by atomic mass is 10.1. The van der Waals surface area contributed by atoms with Crippen LogP contribution in [0.4, 0.5) is 9.93 Å². The SMILES string of the molecule is COc1ccc2sc(NC(=O)CCCCCCNC(=O)OC(C)(C)C)nc2c1. The van der Waals surface area contributed by atoms with E-state index in [-0.39, 0.29) is 12.0 Å². The van der Waals surface area contributed by atoms with Crippen LogP contribution in [0.3, 0.4) is 0 Å². The van der Waals surface area contributed by atoms with Crippen LogP contribution in [0.5, 0.6) is 5.75 Å². The molecule has 0 saturated heterocycles. The zero-order valence-electron chi connectivity index (χ0n) is 17.0. The van der Waals surface area contributed by atoms with Gasteiger partial charge in [-0.2, -0.15) is 0 Å². The van der Waals surface area contributed by atoms with E-state index in [1.54, 1.807) is 7.11 Å². The molecule has 8 heteroatoms. The van der Waals surface area contributed by atoms with Gasteiger partial charge in [0.1, 0.15) is 11.4 Å². The number of hydrogen-bond acceptors (Lipinski definition) is 6. The fourth-order valence-corrected chi connectivity index (χ4v) is 3.40. The number of nitrogens with zero attached hydrogens (tertiary/aromatic N) is 1. The molecule has 1 aromatic carbocycles. The summed E-state index contributed by atoms with van der Waals surface area (Å²) in [6.45, 7) is 6.09. The zero-order valence-corrected chi connectivity index (χ0v) is 17.8. The van der Waals surface area contributed by atoms with Gasteiger partial charge < -0.3 is 20.1 Å². The number of anilines is 1. The van der Waals surface area contributed by atoms with Gasteiger partial charge in [0.2, 0.25) is 5.91 Å². The Labute approximate surface area is 169 Å². The molecule has 154 valence electrons. The molecule has 0 saturated carbocycles. The third-order valence-electron chi connectivity index (χ3n) is 3.84. The van der Waals surface area contributed by atoms with Gasteiger partial charge in [0.15, 0.2) is 5.13 Å². The summed E-state index contributed by atoms with van der Waals surface area (Å²) in [6.07, 6.45) is 3.61. The number of methoxy groups -OCH3 is 1. The Morgan fingerprint density at radius 1 is 1.14 bits per heavy atom. The lowest BCUT2D eigenvalue weighted by molar-refractivity contribution is -0.116. The first-order valence-corrected chi connectivity index (χ1v) is 10.3. The van der Waals surface area contributed by atoms with Gasteiger partial charge in [0.05, 0.1) is 17.3 Å². The van der Waals surface area contributed by atoms with Crippen LogP contribution >= 0.6 is 11.3 Å². The Hall–Kier alpha value is -2.35. The summed E-state index contributed by atoms with van der Waals surface area (Å²) >= 11 is 1.45. The molecule has 2 rings (SSSR count). The number of nitrogens with one attached hydrogen (secondary N) is 2. The van der Waals surface area contributed by atoms with E-state index in [9.17, 15) is 9.59 Å². The first kappa shape index (κ1) is 21.9. The number of fused-ring (bicyclic) bond motifs is 1. The van der Waals surface area contributed by atoms with Crippen molar-refractivity contribution >= 4 is 38.7 Å². The quantitative estimate of drug-likeness (QED) is 0.587. The molecule has 0 aliphatic rings. The molecule has 7 nitrogen and oxygen atoms in total. The fourth-order valence-electron chi connectivity index (χ4n) is 2.54. The van der Waals surface area contributed by atoms with E-state index < -0.39 is 5.60 Å². The third-order valence-corrected chi connectivity index (χ3v) is 4.79. The molecular weight excluding hydrogens is 378 g/mol. The number of aromatic nitrogens is 1. The van der Waals surface area contributed by atoms with Crippen molar-refractivity contribution < 1.29 is 19.1 Å². The maximum Gasteiger partial charge on any atom is 0.407 e. The first-order chi connectivity index (χ1) is 13.3. The average molecular weight is 408 g/mol. The molecule has 2 aromatic rings. The van der Waals surface area contributed by atoms with Crippen LogP contribution in [-0.2, 0) is 9.53 Å². The van der Waals surface area contributed by atoms with Crippen LogP contribution in [0.25, 0.3) is 10.2 Å². The van der Waals surface area contributed by atoms with Crippen molar-refractivity contribution in [2.45, 2.75) is 58.5 Å². The molecule has 2 N–H and O–H groups in total. The molecule has 1 aromatic heterocycles. The maximum absolute atomic E-state index is 12.1. The molecule has 0 aliphatic carbocycles. The molecule has 2 amide bonds. The van der Waals surface area contributed by atoms with E-state index in [2.05, 4.69) is 15.6 Å². The number of amides is 2. The molecule has 0 unspecified atom stereocenters. The Morgan fingerprint density at radius 3 is 2.61 bits per heavy atom. The van der Waals surface area contributed by atoms with Gasteiger partial charge in [-0.1, -0.05) is 24.2 Å². The predicted octanol–water partition coefficient (Wildman–Crippen LogP) is 4.72. The summed E-state index contributed by atoms with van der Waals surface area (Å²) in [4.78, 5) is 28.0. The molecule has 0 spiro atoms. The second kappa shape index (κ2) is 10.3. The van der Waals surface area contributed by atoms with Gasteiger partial charge in [0.25, 0.3) is 0 Å². The minimum absolute atomic E-state index is 0.0297.